The fourth-order valence-electron chi connectivity index (χ4n) is 3.79. The standard InChI is InChI=1S/C25H53N2O6P/c1-7-8-9-10-11-12-13-14-15-16-17-18-19-20-23(28)26-25(2,3)22-32-24(21-27(4,5)6)33-34(29,30)31/h24H,7-22H2,1-6H3,(H2-,26,28,29,30,31). The summed E-state index contributed by atoms with van der Waals surface area (Å²) in [5.74, 6) is -0.0441. The summed E-state index contributed by atoms with van der Waals surface area (Å²) in [6.45, 7) is 6.15. The first-order chi connectivity index (χ1) is 15.7. The van der Waals surface area contributed by atoms with E-state index in [1.807, 2.05) is 35.0 Å². The van der Waals surface area contributed by atoms with E-state index in [1.165, 1.54) is 64.2 Å². The minimum atomic E-state index is -4.93. The number of hydrogen-bond acceptors (Lipinski definition) is 5. The maximum absolute atomic E-state index is 12.3. The van der Waals surface area contributed by atoms with Crippen molar-refractivity contribution in [1.82, 2.24) is 5.32 Å². The Morgan fingerprint density at radius 2 is 1.38 bits per heavy atom. The van der Waals surface area contributed by atoms with Crippen LogP contribution in [-0.2, 0) is 18.6 Å². The van der Waals surface area contributed by atoms with Gasteiger partial charge < -0.3 is 24.3 Å². The Kier molecular flexibility index (Phi) is 17.6. The molecule has 0 aliphatic carbocycles. The zero-order valence-corrected chi connectivity index (χ0v) is 23.7. The Hall–Kier alpha value is -0.500. The van der Waals surface area contributed by atoms with E-state index < -0.39 is 19.7 Å². The van der Waals surface area contributed by atoms with Crippen LogP contribution in [0, 0.1) is 0 Å². The van der Waals surface area contributed by atoms with Gasteiger partial charge in [-0.3, -0.25) is 13.9 Å². The SMILES string of the molecule is CCCCCCCCCCCCCCCC(=O)NC(C)(C)COC(C[N+](C)(C)C)OP(=O)([O-])O. The van der Waals surface area contributed by atoms with Crippen molar-refractivity contribution in [2.24, 2.45) is 0 Å². The van der Waals surface area contributed by atoms with Gasteiger partial charge in [-0.25, -0.2) is 0 Å². The first kappa shape index (κ1) is 33.5. The highest BCUT2D eigenvalue weighted by Crippen LogP contribution is 2.33. The van der Waals surface area contributed by atoms with Crippen LogP contribution in [0.3, 0.4) is 0 Å². The summed E-state index contributed by atoms with van der Waals surface area (Å²) in [6.07, 6.45) is 15.8. The summed E-state index contributed by atoms with van der Waals surface area (Å²) in [5.41, 5.74) is -0.692. The van der Waals surface area contributed by atoms with Crippen molar-refractivity contribution in [3.05, 3.63) is 0 Å². The summed E-state index contributed by atoms with van der Waals surface area (Å²) in [7, 11) is 0.641. The third-order valence-corrected chi connectivity index (χ3v) is 6.06. The Labute approximate surface area is 209 Å². The number of quaternary nitrogens is 1. The first-order valence-electron chi connectivity index (χ1n) is 13.2. The largest absolute Gasteiger partial charge is 0.756 e. The number of nitrogens with zero attached hydrogens (tertiary/aromatic N) is 1. The second-order valence-electron chi connectivity index (χ2n) is 11.2. The van der Waals surface area contributed by atoms with Crippen molar-refractivity contribution >= 4 is 13.7 Å². The summed E-state index contributed by atoms with van der Waals surface area (Å²) < 4.78 is 21.8. The highest BCUT2D eigenvalue weighted by Gasteiger charge is 2.28. The molecule has 2 N–H and O–H groups in total. The fraction of sp³-hybridized carbons (Fsp3) is 0.960. The molecule has 0 saturated carbocycles. The maximum atomic E-state index is 12.3. The predicted molar refractivity (Wildman–Crippen MR) is 136 cm³/mol. The lowest BCUT2D eigenvalue weighted by atomic mass is 10.0. The molecule has 0 rings (SSSR count). The Morgan fingerprint density at radius 3 is 1.79 bits per heavy atom. The minimum absolute atomic E-state index is 0.0441. The van der Waals surface area contributed by atoms with Crippen LogP contribution in [0.15, 0.2) is 0 Å². The van der Waals surface area contributed by atoms with E-state index >= 15 is 0 Å². The van der Waals surface area contributed by atoms with Gasteiger partial charge in [0.05, 0.1) is 33.3 Å². The molecule has 9 heteroatoms. The number of carbonyl (C=O) groups is 1. The van der Waals surface area contributed by atoms with Crippen molar-refractivity contribution in [2.45, 2.75) is 122 Å². The fourth-order valence-corrected chi connectivity index (χ4v) is 4.22. The molecular formula is C25H53N2O6P. The highest BCUT2D eigenvalue weighted by molar-refractivity contribution is 7.44. The number of phosphoric ester groups is 1. The number of ether oxygens (including phenoxy) is 1. The number of phosphoric acid groups is 1. The second-order valence-corrected chi connectivity index (χ2v) is 12.4. The number of hydrogen-bond donors (Lipinski definition) is 2. The van der Waals surface area contributed by atoms with Crippen LogP contribution in [0.4, 0.5) is 0 Å². The Bertz CT molecular complexity index is 574. The molecule has 0 aromatic rings. The zero-order valence-electron chi connectivity index (χ0n) is 22.8. The van der Waals surface area contributed by atoms with Crippen LogP contribution in [-0.4, -0.2) is 61.4 Å². The van der Waals surface area contributed by atoms with Gasteiger partial charge in [0.2, 0.25) is 12.2 Å². The van der Waals surface area contributed by atoms with Crippen LogP contribution in [0.1, 0.15) is 111 Å². The van der Waals surface area contributed by atoms with Gasteiger partial charge >= 0.3 is 0 Å². The van der Waals surface area contributed by atoms with Gasteiger partial charge in [0.15, 0.2) is 0 Å². The lowest BCUT2D eigenvalue weighted by molar-refractivity contribution is -0.876. The molecule has 2 atom stereocenters. The van der Waals surface area contributed by atoms with Crippen LogP contribution >= 0.6 is 7.82 Å². The Morgan fingerprint density at radius 1 is 0.941 bits per heavy atom. The van der Waals surface area contributed by atoms with E-state index in [9.17, 15) is 14.3 Å². The normalized spacial score (nSPS) is 15.2. The molecule has 0 aromatic heterocycles. The summed E-state index contributed by atoms with van der Waals surface area (Å²) in [6, 6.07) is 0. The van der Waals surface area contributed by atoms with Crippen molar-refractivity contribution in [3.63, 3.8) is 0 Å². The van der Waals surface area contributed by atoms with Gasteiger partial charge in [-0.15, -0.1) is 0 Å². The van der Waals surface area contributed by atoms with Gasteiger partial charge in [-0.1, -0.05) is 84.0 Å². The molecule has 0 fully saturated rings. The van der Waals surface area contributed by atoms with Crippen LogP contribution in [0.5, 0.6) is 0 Å². The van der Waals surface area contributed by atoms with Crippen LogP contribution < -0.4 is 10.2 Å². The molecule has 0 spiro atoms. The van der Waals surface area contributed by atoms with E-state index in [1.54, 1.807) is 0 Å². The van der Waals surface area contributed by atoms with E-state index in [4.69, 9.17) is 9.63 Å². The number of rotatable bonds is 22. The van der Waals surface area contributed by atoms with Crippen LogP contribution in [0.2, 0.25) is 0 Å². The molecule has 0 aromatic carbocycles. The average molecular weight is 509 g/mol. The summed E-state index contributed by atoms with van der Waals surface area (Å²) >= 11 is 0. The van der Waals surface area contributed by atoms with Gasteiger partial charge in [0.1, 0.15) is 6.54 Å². The minimum Gasteiger partial charge on any atom is -0.756 e. The molecule has 34 heavy (non-hydrogen) atoms. The number of unbranched alkanes of at least 4 members (excludes halogenated alkanes) is 12. The Balaban J connectivity index is 3.98. The lowest BCUT2D eigenvalue weighted by Gasteiger charge is -2.33. The molecule has 0 radical (unpaired) electrons. The molecule has 0 aliphatic heterocycles. The van der Waals surface area contributed by atoms with E-state index in [0.29, 0.717) is 10.9 Å². The zero-order chi connectivity index (χ0) is 26.1. The van der Waals surface area contributed by atoms with Crippen molar-refractivity contribution < 1.29 is 32.9 Å². The quantitative estimate of drug-likeness (QED) is 0.0933. The van der Waals surface area contributed by atoms with Gasteiger partial charge in [0, 0.05) is 6.42 Å². The molecular weight excluding hydrogens is 455 g/mol. The van der Waals surface area contributed by atoms with E-state index in [2.05, 4.69) is 16.8 Å². The smallest absolute Gasteiger partial charge is 0.267 e. The lowest BCUT2D eigenvalue weighted by Crippen LogP contribution is -2.50. The van der Waals surface area contributed by atoms with Gasteiger partial charge in [-0.2, -0.15) is 0 Å². The molecule has 0 bridgehead atoms. The molecule has 204 valence electrons. The molecule has 0 heterocycles. The molecule has 8 nitrogen and oxygen atoms in total. The van der Waals surface area contributed by atoms with Crippen LogP contribution in [0.25, 0.3) is 0 Å². The number of carbonyl (C=O) groups excluding carboxylic acids is 1. The van der Waals surface area contributed by atoms with Crippen molar-refractivity contribution in [2.75, 3.05) is 34.3 Å². The highest BCUT2D eigenvalue weighted by atomic mass is 31.2. The molecule has 0 aliphatic rings. The van der Waals surface area contributed by atoms with E-state index in [0.717, 1.165) is 19.3 Å². The average Bonchev–Trinajstić information content (AvgIpc) is 2.67. The third-order valence-electron chi connectivity index (χ3n) is 5.56. The second kappa shape index (κ2) is 17.9. The van der Waals surface area contributed by atoms with Crippen molar-refractivity contribution in [3.8, 4) is 0 Å². The number of likely N-dealkylation sites (N-methyl/N-ethyl adjacent to an activating group) is 1. The number of amides is 1. The van der Waals surface area contributed by atoms with Gasteiger partial charge in [-0.05, 0) is 20.3 Å². The van der Waals surface area contributed by atoms with Crippen molar-refractivity contribution in [1.29, 1.82) is 0 Å². The molecule has 2 unspecified atom stereocenters. The predicted octanol–water partition coefficient (Wildman–Crippen LogP) is 4.89. The third kappa shape index (κ3) is 23.3. The molecule has 0 saturated heterocycles. The first-order valence-corrected chi connectivity index (χ1v) is 14.7. The summed E-state index contributed by atoms with van der Waals surface area (Å²) in [4.78, 5) is 32.5. The monoisotopic (exact) mass is 508 g/mol. The van der Waals surface area contributed by atoms with Gasteiger partial charge in [0.25, 0.3) is 7.82 Å². The maximum Gasteiger partial charge on any atom is 0.267 e. The topological polar surface area (TPSA) is 108 Å². The van der Waals surface area contributed by atoms with E-state index in [-0.39, 0.29) is 19.1 Å². The molecule has 1 amide bonds. The number of nitrogens with one attached hydrogen (secondary N) is 1. The summed E-state index contributed by atoms with van der Waals surface area (Å²) in [5, 5.41) is 2.95.